The first-order valence-electron chi connectivity index (χ1n) is 6.11. The summed E-state index contributed by atoms with van der Waals surface area (Å²) in [6.45, 7) is 6.46. The van der Waals surface area contributed by atoms with E-state index in [0.29, 0.717) is 5.92 Å². The Labute approximate surface area is 117 Å². The minimum atomic E-state index is 0.699. The van der Waals surface area contributed by atoms with Gasteiger partial charge in [0.05, 0.1) is 0 Å². The van der Waals surface area contributed by atoms with E-state index >= 15 is 0 Å². The highest BCUT2D eigenvalue weighted by atomic mass is 32.2. The number of hydrogen-bond acceptors (Lipinski definition) is 4. The summed E-state index contributed by atoms with van der Waals surface area (Å²) in [6.07, 6.45) is 1.84. The molecule has 0 saturated heterocycles. The van der Waals surface area contributed by atoms with Crippen LogP contribution in [0.2, 0.25) is 0 Å². The summed E-state index contributed by atoms with van der Waals surface area (Å²) in [7, 11) is 0. The fraction of sp³-hybridized carbons (Fsp3) is 0.357. The van der Waals surface area contributed by atoms with Crippen LogP contribution in [0.5, 0.6) is 0 Å². The number of nitrogens with zero attached hydrogens (tertiary/aromatic N) is 1. The van der Waals surface area contributed by atoms with Crippen LogP contribution in [0.1, 0.15) is 19.4 Å². The van der Waals surface area contributed by atoms with Crippen molar-refractivity contribution < 1.29 is 0 Å². The molecule has 0 atom stereocenters. The van der Waals surface area contributed by atoms with Gasteiger partial charge in [-0.2, -0.15) is 0 Å². The van der Waals surface area contributed by atoms with Gasteiger partial charge in [0, 0.05) is 23.0 Å². The van der Waals surface area contributed by atoms with Crippen LogP contribution >= 0.6 is 23.1 Å². The number of rotatable bonds is 6. The molecule has 18 heavy (non-hydrogen) atoms. The van der Waals surface area contributed by atoms with Crippen molar-refractivity contribution in [3.63, 3.8) is 0 Å². The van der Waals surface area contributed by atoms with Gasteiger partial charge in [0.2, 0.25) is 0 Å². The molecule has 0 amide bonds. The number of nitrogens with one attached hydrogen (secondary N) is 1. The third kappa shape index (κ3) is 4.44. The second-order valence-electron chi connectivity index (χ2n) is 4.57. The predicted octanol–water partition coefficient (Wildman–Crippen LogP) is 4.04. The molecular formula is C14H18N2S2. The van der Waals surface area contributed by atoms with Gasteiger partial charge in [-0.3, -0.25) is 0 Å². The summed E-state index contributed by atoms with van der Waals surface area (Å²) in [5.74, 6) is 0.699. The van der Waals surface area contributed by atoms with Crippen molar-refractivity contribution in [3.8, 4) is 0 Å². The van der Waals surface area contributed by atoms with E-state index in [0.717, 1.165) is 17.4 Å². The molecule has 0 aliphatic rings. The summed E-state index contributed by atoms with van der Waals surface area (Å²) >= 11 is 3.40. The lowest BCUT2D eigenvalue weighted by atomic mass is 10.2. The van der Waals surface area contributed by atoms with Gasteiger partial charge in [-0.1, -0.05) is 37.7 Å². The van der Waals surface area contributed by atoms with E-state index < -0.39 is 0 Å². The standard InChI is InChI=1S/C14H18N2S2/c1-11(2)9-15-10-12-3-5-13(6-4-12)18-14-16-7-8-17-14/h3-8,11,15H,9-10H2,1-2H3. The SMILES string of the molecule is CC(C)CNCc1ccc(Sc2nccs2)cc1. The first kappa shape index (κ1) is 13.6. The average molecular weight is 278 g/mol. The van der Waals surface area contributed by atoms with E-state index in [1.807, 2.05) is 11.6 Å². The van der Waals surface area contributed by atoms with Crippen LogP contribution in [0.15, 0.2) is 45.1 Å². The maximum Gasteiger partial charge on any atom is 0.154 e. The molecule has 1 heterocycles. The fourth-order valence-electron chi connectivity index (χ4n) is 1.54. The lowest BCUT2D eigenvalue weighted by molar-refractivity contribution is 0.552. The van der Waals surface area contributed by atoms with Crippen molar-refractivity contribution in [1.82, 2.24) is 10.3 Å². The van der Waals surface area contributed by atoms with Gasteiger partial charge >= 0.3 is 0 Å². The number of thiazole rings is 1. The molecule has 2 aromatic rings. The van der Waals surface area contributed by atoms with Crippen LogP contribution in [-0.4, -0.2) is 11.5 Å². The molecule has 0 saturated carbocycles. The zero-order chi connectivity index (χ0) is 12.8. The topological polar surface area (TPSA) is 24.9 Å². The van der Waals surface area contributed by atoms with E-state index in [1.165, 1.54) is 10.5 Å². The zero-order valence-corrected chi connectivity index (χ0v) is 12.4. The lowest BCUT2D eigenvalue weighted by Crippen LogP contribution is -2.18. The van der Waals surface area contributed by atoms with E-state index in [-0.39, 0.29) is 0 Å². The monoisotopic (exact) mass is 278 g/mol. The van der Waals surface area contributed by atoms with Gasteiger partial charge in [0.1, 0.15) is 0 Å². The molecule has 0 bridgehead atoms. The summed E-state index contributed by atoms with van der Waals surface area (Å²) in [5, 5.41) is 5.46. The molecule has 2 rings (SSSR count). The lowest BCUT2D eigenvalue weighted by Gasteiger charge is -2.07. The van der Waals surface area contributed by atoms with E-state index in [9.17, 15) is 0 Å². The smallest absolute Gasteiger partial charge is 0.154 e. The van der Waals surface area contributed by atoms with Crippen molar-refractivity contribution in [3.05, 3.63) is 41.4 Å². The predicted molar refractivity (Wildman–Crippen MR) is 79.2 cm³/mol. The van der Waals surface area contributed by atoms with Gasteiger partial charge in [-0.15, -0.1) is 11.3 Å². The zero-order valence-electron chi connectivity index (χ0n) is 10.7. The van der Waals surface area contributed by atoms with Gasteiger partial charge in [-0.25, -0.2) is 4.98 Å². The van der Waals surface area contributed by atoms with Crippen molar-refractivity contribution in [2.24, 2.45) is 5.92 Å². The molecule has 0 aliphatic heterocycles. The summed E-state index contributed by atoms with van der Waals surface area (Å²) in [6, 6.07) is 8.70. The third-order valence-electron chi connectivity index (χ3n) is 2.42. The largest absolute Gasteiger partial charge is 0.312 e. The highest BCUT2D eigenvalue weighted by Gasteiger charge is 2.00. The van der Waals surface area contributed by atoms with Crippen LogP contribution in [-0.2, 0) is 6.54 Å². The Morgan fingerprint density at radius 2 is 2.06 bits per heavy atom. The maximum atomic E-state index is 4.27. The highest BCUT2D eigenvalue weighted by molar-refractivity contribution is 8.01. The second-order valence-corrected chi connectivity index (χ2v) is 6.78. The fourth-order valence-corrected chi connectivity index (χ4v) is 3.14. The number of aromatic nitrogens is 1. The van der Waals surface area contributed by atoms with E-state index in [4.69, 9.17) is 0 Å². The normalized spacial score (nSPS) is 11.1. The van der Waals surface area contributed by atoms with Crippen LogP contribution < -0.4 is 5.32 Å². The molecule has 0 aliphatic carbocycles. The number of benzene rings is 1. The van der Waals surface area contributed by atoms with Crippen LogP contribution in [0.25, 0.3) is 0 Å². The van der Waals surface area contributed by atoms with Gasteiger partial charge in [-0.05, 0) is 30.2 Å². The molecule has 96 valence electrons. The van der Waals surface area contributed by atoms with E-state index in [2.05, 4.69) is 48.4 Å². The van der Waals surface area contributed by atoms with Crippen LogP contribution in [0.3, 0.4) is 0 Å². The Balaban J connectivity index is 1.85. The Morgan fingerprint density at radius 1 is 1.28 bits per heavy atom. The summed E-state index contributed by atoms with van der Waals surface area (Å²) in [4.78, 5) is 5.52. The highest BCUT2D eigenvalue weighted by Crippen LogP contribution is 2.28. The van der Waals surface area contributed by atoms with Crippen molar-refractivity contribution >= 4 is 23.1 Å². The second kappa shape index (κ2) is 6.92. The Bertz CT molecular complexity index is 449. The van der Waals surface area contributed by atoms with Crippen LogP contribution in [0.4, 0.5) is 0 Å². The molecule has 2 nitrogen and oxygen atoms in total. The maximum absolute atomic E-state index is 4.27. The quantitative estimate of drug-likeness (QED) is 0.863. The van der Waals surface area contributed by atoms with Gasteiger partial charge in [0.25, 0.3) is 0 Å². The Morgan fingerprint density at radius 3 is 2.67 bits per heavy atom. The molecule has 1 aromatic carbocycles. The first-order valence-corrected chi connectivity index (χ1v) is 7.80. The van der Waals surface area contributed by atoms with Crippen molar-refractivity contribution in [2.75, 3.05) is 6.54 Å². The van der Waals surface area contributed by atoms with Crippen molar-refractivity contribution in [2.45, 2.75) is 29.6 Å². The third-order valence-corrected chi connectivity index (χ3v) is 4.31. The minimum absolute atomic E-state index is 0.699. The Hall–Kier alpha value is -0.840. The average Bonchev–Trinajstić information content (AvgIpc) is 2.84. The van der Waals surface area contributed by atoms with Crippen LogP contribution in [0, 0.1) is 5.92 Å². The van der Waals surface area contributed by atoms with Gasteiger partial charge < -0.3 is 5.32 Å². The molecule has 1 aromatic heterocycles. The molecule has 0 radical (unpaired) electrons. The minimum Gasteiger partial charge on any atom is -0.312 e. The molecule has 0 unspecified atom stereocenters. The molecule has 0 spiro atoms. The summed E-state index contributed by atoms with van der Waals surface area (Å²) in [5.41, 5.74) is 1.33. The number of hydrogen-bond donors (Lipinski definition) is 1. The summed E-state index contributed by atoms with van der Waals surface area (Å²) < 4.78 is 1.10. The molecular weight excluding hydrogens is 260 g/mol. The molecule has 0 fully saturated rings. The van der Waals surface area contributed by atoms with E-state index in [1.54, 1.807) is 23.1 Å². The first-order chi connectivity index (χ1) is 8.74. The van der Waals surface area contributed by atoms with Crippen molar-refractivity contribution in [1.29, 1.82) is 0 Å². The Kier molecular flexibility index (Phi) is 5.23. The molecule has 1 N–H and O–H groups in total. The van der Waals surface area contributed by atoms with Gasteiger partial charge in [0.15, 0.2) is 4.34 Å². The molecule has 4 heteroatoms.